The summed E-state index contributed by atoms with van der Waals surface area (Å²) in [6, 6.07) is 1.40. The lowest BCUT2D eigenvalue weighted by Crippen LogP contribution is -2.45. The van der Waals surface area contributed by atoms with Gasteiger partial charge >= 0.3 is 0 Å². The van der Waals surface area contributed by atoms with Gasteiger partial charge in [-0.15, -0.1) is 0 Å². The summed E-state index contributed by atoms with van der Waals surface area (Å²) in [5.41, 5.74) is 0. The lowest BCUT2D eigenvalue weighted by Gasteiger charge is -2.33. The highest BCUT2D eigenvalue weighted by molar-refractivity contribution is 4.83. The third-order valence-electron chi connectivity index (χ3n) is 4.25. The van der Waals surface area contributed by atoms with E-state index in [2.05, 4.69) is 24.1 Å². The highest BCUT2D eigenvalue weighted by Gasteiger charge is 2.28. The zero-order valence-corrected chi connectivity index (χ0v) is 10.7. The van der Waals surface area contributed by atoms with E-state index in [0.717, 1.165) is 31.7 Å². The molecule has 3 heteroatoms. The van der Waals surface area contributed by atoms with Crippen LogP contribution >= 0.6 is 0 Å². The third-order valence-corrected chi connectivity index (χ3v) is 4.25. The second-order valence-corrected chi connectivity index (χ2v) is 5.25. The van der Waals surface area contributed by atoms with Gasteiger partial charge in [-0.3, -0.25) is 4.90 Å². The number of hydrogen-bond acceptors (Lipinski definition) is 3. The molecule has 2 aliphatic rings. The van der Waals surface area contributed by atoms with Crippen LogP contribution in [-0.2, 0) is 4.74 Å². The standard InChI is InChI=1S/C13H26N2O/c1-3-15(9-13-5-4-7-14-13)11(2)12-6-8-16-10-12/h11-14H,3-10H2,1-2H3. The van der Waals surface area contributed by atoms with Gasteiger partial charge < -0.3 is 10.1 Å². The minimum atomic E-state index is 0.676. The van der Waals surface area contributed by atoms with Crippen molar-refractivity contribution in [1.29, 1.82) is 0 Å². The van der Waals surface area contributed by atoms with E-state index < -0.39 is 0 Å². The summed E-state index contributed by atoms with van der Waals surface area (Å²) >= 11 is 0. The van der Waals surface area contributed by atoms with Gasteiger partial charge in [-0.1, -0.05) is 6.92 Å². The molecule has 0 aromatic carbocycles. The van der Waals surface area contributed by atoms with Crippen LogP contribution in [-0.4, -0.2) is 49.8 Å². The Morgan fingerprint density at radius 3 is 2.88 bits per heavy atom. The molecule has 94 valence electrons. The summed E-state index contributed by atoms with van der Waals surface area (Å²) in [7, 11) is 0. The van der Waals surface area contributed by atoms with Crippen molar-refractivity contribution in [1.82, 2.24) is 10.2 Å². The number of nitrogens with zero attached hydrogens (tertiary/aromatic N) is 1. The third kappa shape index (κ3) is 2.96. The highest BCUT2D eigenvalue weighted by atomic mass is 16.5. The summed E-state index contributed by atoms with van der Waals surface area (Å²) < 4.78 is 5.50. The number of hydrogen-bond donors (Lipinski definition) is 1. The average molecular weight is 226 g/mol. The summed E-state index contributed by atoms with van der Waals surface area (Å²) in [5.74, 6) is 0.751. The lowest BCUT2D eigenvalue weighted by atomic mass is 9.98. The maximum Gasteiger partial charge on any atom is 0.0509 e. The average Bonchev–Trinajstić information content (AvgIpc) is 2.97. The summed E-state index contributed by atoms with van der Waals surface area (Å²) in [6.45, 7) is 10.2. The molecular weight excluding hydrogens is 200 g/mol. The molecule has 1 N–H and O–H groups in total. The van der Waals surface area contributed by atoms with Crippen LogP contribution in [0.4, 0.5) is 0 Å². The maximum absolute atomic E-state index is 5.50. The van der Waals surface area contributed by atoms with Crippen molar-refractivity contribution in [2.75, 3.05) is 32.8 Å². The Bertz CT molecular complexity index is 198. The summed E-state index contributed by atoms with van der Waals surface area (Å²) in [4.78, 5) is 2.63. The fraction of sp³-hybridized carbons (Fsp3) is 1.00. The van der Waals surface area contributed by atoms with Crippen molar-refractivity contribution in [2.45, 2.75) is 45.2 Å². The Morgan fingerprint density at radius 1 is 1.44 bits per heavy atom. The largest absolute Gasteiger partial charge is 0.381 e. The van der Waals surface area contributed by atoms with Gasteiger partial charge in [0.2, 0.25) is 0 Å². The van der Waals surface area contributed by atoms with Crippen molar-refractivity contribution in [3.63, 3.8) is 0 Å². The molecule has 2 fully saturated rings. The highest BCUT2D eigenvalue weighted by Crippen LogP contribution is 2.21. The minimum Gasteiger partial charge on any atom is -0.381 e. The Morgan fingerprint density at radius 2 is 2.31 bits per heavy atom. The molecule has 3 unspecified atom stereocenters. The Balaban J connectivity index is 1.82. The monoisotopic (exact) mass is 226 g/mol. The molecule has 3 nitrogen and oxygen atoms in total. The van der Waals surface area contributed by atoms with E-state index in [1.165, 1.54) is 32.4 Å². The molecule has 0 amide bonds. The number of rotatable bonds is 5. The molecule has 0 bridgehead atoms. The van der Waals surface area contributed by atoms with E-state index >= 15 is 0 Å². The predicted octanol–water partition coefficient (Wildman–Crippen LogP) is 1.49. The number of likely N-dealkylation sites (N-methyl/N-ethyl adjacent to an activating group) is 1. The van der Waals surface area contributed by atoms with Crippen molar-refractivity contribution >= 4 is 0 Å². The zero-order valence-electron chi connectivity index (χ0n) is 10.7. The van der Waals surface area contributed by atoms with E-state index in [9.17, 15) is 0 Å². The van der Waals surface area contributed by atoms with E-state index in [1.807, 2.05) is 0 Å². The molecule has 16 heavy (non-hydrogen) atoms. The fourth-order valence-electron chi connectivity index (χ4n) is 3.01. The fourth-order valence-corrected chi connectivity index (χ4v) is 3.01. The van der Waals surface area contributed by atoms with Crippen LogP contribution in [0, 0.1) is 5.92 Å². The topological polar surface area (TPSA) is 24.5 Å². The van der Waals surface area contributed by atoms with E-state index in [4.69, 9.17) is 4.74 Å². The molecule has 0 aromatic rings. The molecule has 2 saturated heterocycles. The zero-order chi connectivity index (χ0) is 11.4. The second kappa shape index (κ2) is 5.99. The van der Waals surface area contributed by atoms with E-state index in [-0.39, 0.29) is 0 Å². The second-order valence-electron chi connectivity index (χ2n) is 5.25. The van der Waals surface area contributed by atoms with Gasteiger partial charge in [0.1, 0.15) is 0 Å². The minimum absolute atomic E-state index is 0.676. The van der Waals surface area contributed by atoms with Crippen molar-refractivity contribution in [3.8, 4) is 0 Å². The van der Waals surface area contributed by atoms with Gasteiger partial charge in [0.05, 0.1) is 6.61 Å². The first kappa shape index (κ1) is 12.3. The van der Waals surface area contributed by atoms with Crippen LogP contribution in [0.1, 0.15) is 33.1 Å². The normalized spacial score (nSPS) is 32.4. The van der Waals surface area contributed by atoms with Crippen LogP contribution < -0.4 is 5.32 Å². The molecule has 0 aromatic heterocycles. The SMILES string of the molecule is CCN(CC1CCCN1)C(C)C1CCOC1. The first-order chi connectivity index (χ1) is 7.81. The van der Waals surface area contributed by atoms with Gasteiger partial charge in [-0.2, -0.15) is 0 Å². The van der Waals surface area contributed by atoms with Gasteiger partial charge in [0.15, 0.2) is 0 Å². The molecule has 2 rings (SSSR count). The van der Waals surface area contributed by atoms with E-state index in [0.29, 0.717) is 6.04 Å². The molecule has 3 atom stereocenters. The quantitative estimate of drug-likeness (QED) is 0.768. The molecule has 0 aliphatic carbocycles. The summed E-state index contributed by atoms with van der Waals surface area (Å²) in [6.07, 6.45) is 3.95. The molecule has 0 saturated carbocycles. The number of nitrogens with one attached hydrogen (secondary N) is 1. The van der Waals surface area contributed by atoms with Gasteiger partial charge in [0, 0.05) is 25.2 Å². The molecule has 2 heterocycles. The Hall–Kier alpha value is -0.120. The van der Waals surface area contributed by atoms with Crippen LogP contribution in [0.5, 0.6) is 0 Å². The van der Waals surface area contributed by atoms with Crippen LogP contribution in [0.3, 0.4) is 0 Å². The molecular formula is C13H26N2O. The first-order valence-corrected chi connectivity index (χ1v) is 6.86. The Labute approximate surface area is 99.5 Å². The van der Waals surface area contributed by atoms with Crippen molar-refractivity contribution in [2.24, 2.45) is 5.92 Å². The van der Waals surface area contributed by atoms with Gasteiger partial charge in [0.25, 0.3) is 0 Å². The van der Waals surface area contributed by atoms with Crippen molar-refractivity contribution in [3.05, 3.63) is 0 Å². The smallest absolute Gasteiger partial charge is 0.0509 e. The van der Waals surface area contributed by atoms with Gasteiger partial charge in [-0.25, -0.2) is 0 Å². The first-order valence-electron chi connectivity index (χ1n) is 6.86. The lowest BCUT2D eigenvalue weighted by molar-refractivity contribution is 0.125. The maximum atomic E-state index is 5.50. The molecule has 0 spiro atoms. The van der Waals surface area contributed by atoms with Crippen molar-refractivity contribution < 1.29 is 4.74 Å². The van der Waals surface area contributed by atoms with E-state index in [1.54, 1.807) is 0 Å². The molecule has 2 aliphatic heterocycles. The van der Waals surface area contributed by atoms with Gasteiger partial charge in [-0.05, 0) is 45.2 Å². The number of ether oxygens (including phenoxy) is 1. The molecule has 0 radical (unpaired) electrons. The summed E-state index contributed by atoms with van der Waals surface area (Å²) in [5, 5.41) is 3.59. The van der Waals surface area contributed by atoms with Crippen LogP contribution in [0.2, 0.25) is 0 Å². The van der Waals surface area contributed by atoms with Crippen LogP contribution in [0.25, 0.3) is 0 Å². The Kier molecular flexibility index (Phi) is 4.62. The van der Waals surface area contributed by atoms with Crippen LogP contribution in [0.15, 0.2) is 0 Å². The predicted molar refractivity (Wildman–Crippen MR) is 66.7 cm³/mol.